The summed E-state index contributed by atoms with van der Waals surface area (Å²) in [4.78, 5) is 16.8. The van der Waals surface area contributed by atoms with Crippen LogP contribution in [0.5, 0.6) is 0 Å². The highest BCUT2D eigenvalue weighted by atomic mass is 16.5. The van der Waals surface area contributed by atoms with Gasteiger partial charge in [-0.1, -0.05) is 38.3 Å². The molecule has 6 rings (SSSR count). The second-order valence-electron chi connectivity index (χ2n) is 11.9. The zero-order chi connectivity index (χ0) is 22.6. The highest BCUT2D eigenvalue weighted by Crippen LogP contribution is 2.79. The van der Waals surface area contributed by atoms with E-state index in [2.05, 4.69) is 42.7 Å². The van der Waals surface area contributed by atoms with Crippen LogP contribution in [-0.4, -0.2) is 50.7 Å². The Morgan fingerprint density at radius 3 is 2.28 bits per heavy atom. The number of hydrogen-bond donors (Lipinski definition) is 0. The monoisotopic (exact) mass is 436 g/mol. The molecule has 4 fully saturated rings. The average molecular weight is 437 g/mol. The smallest absolute Gasteiger partial charge is 0.337 e. The van der Waals surface area contributed by atoms with Crippen molar-refractivity contribution in [3.8, 4) is 0 Å². The molecule has 4 aliphatic carbocycles. The van der Waals surface area contributed by atoms with Crippen LogP contribution < -0.4 is 4.90 Å². The van der Waals surface area contributed by atoms with Crippen LogP contribution in [-0.2, 0) is 4.74 Å². The third kappa shape index (κ3) is 3.79. The van der Waals surface area contributed by atoms with Gasteiger partial charge in [0.15, 0.2) is 0 Å². The zero-order valence-corrected chi connectivity index (χ0v) is 20.5. The van der Waals surface area contributed by atoms with Crippen molar-refractivity contribution in [2.45, 2.75) is 65.7 Å². The Balaban J connectivity index is 1.23. The molecule has 0 atom stereocenters. The molecule has 0 amide bonds. The highest BCUT2D eigenvalue weighted by Gasteiger charge is 2.68. The fraction of sp³-hybridized carbons (Fsp3) is 0.679. The summed E-state index contributed by atoms with van der Waals surface area (Å²) in [6.07, 6.45) is 9.77. The van der Waals surface area contributed by atoms with Crippen LogP contribution in [0.25, 0.3) is 0 Å². The maximum atomic E-state index is 11.7. The van der Waals surface area contributed by atoms with Gasteiger partial charge in [0.05, 0.1) is 12.7 Å². The number of carbonyl (C=O) groups excluding carboxylic acids is 1. The number of allylic oxidation sites excluding steroid dienone is 1. The summed E-state index contributed by atoms with van der Waals surface area (Å²) in [5.74, 6) is -0.269. The number of hydrogen-bond acceptors (Lipinski definition) is 4. The van der Waals surface area contributed by atoms with E-state index in [4.69, 9.17) is 4.74 Å². The quantitative estimate of drug-likeness (QED) is 0.424. The number of rotatable bonds is 6. The third-order valence-electron chi connectivity index (χ3n) is 9.16. The molecule has 0 N–H and O–H groups in total. The molecule has 2 bridgehead atoms. The van der Waals surface area contributed by atoms with Crippen molar-refractivity contribution >= 4 is 11.7 Å². The molecule has 3 saturated carbocycles. The lowest BCUT2D eigenvalue weighted by Gasteiger charge is -2.73. The van der Waals surface area contributed by atoms with E-state index in [0.29, 0.717) is 16.4 Å². The number of nitrogens with zero attached hydrogens (tertiary/aromatic N) is 2. The first-order valence-electron chi connectivity index (χ1n) is 12.6. The number of anilines is 1. The Hall–Kier alpha value is -1.81. The lowest BCUT2D eigenvalue weighted by atomic mass is 9.31. The number of piperazine rings is 1. The molecule has 1 aliphatic heterocycles. The number of methoxy groups -OCH3 is 1. The van der Waals surface area contributed by atoms with Gasteiger partial charge in [-0.2, -0.15) is 0 Å². The van der Waals surface area contributed by atoms with Gasteiger partial charge in [-0.05, 0) is 79.0 Å². The molecule has 5 aliphatic rings. The molecular formula is C28H40N2O2. The molecular weight excluding hydrogens is 396 g/mol. The van der Waals surface area contributed by atoms with Crippen molar-refractivity contribution in [2.75, 3.05) is 44.7 Å². The predicted octanol–water partition coefficient (Wildman–Crippen LogP) is 5.68. The first-order chi connectivity index (χ1) is 15.3. The molecule has 32 heavy (non-hydrogen) atoms. The van der Waals surface area contributed by atoms with Gasteiger partial charge >= 0.3 is 5.97 Å². The fourth-order valence-electron chi connectivity index (χ4n) is 7.12. The van der Waals surface area contributed by atoms with Gasteiger partial charge in [-0.15, -0.1) is 0 Å². The van der Waals surface area contributed by atoms with E-state index in [0.717, 1.165) is 31.6 Å². The maximum Gasteiger partial charge on any atom is 0.337 e. The topological polar surface area (TPSA) is 32.8 Å². The third-order valence-corrected chi connectivity index (χ3v) is 9.16. The van der Waals surface area contributed by atoms with Crippen molar-refractivity contribution in [2.24, 2.45) is 16.2 Å². The molecule has 0 unspecified atom stereocenters. The first-order valence-corrected chi connectivity index (χ1v) is 12.6. The second kappa shape index (κ2) is 7.90. The minimum atomic E-state index is -0.269. The van der Waals surface area contributed by atoms with Crippen molar-refractivity contribution in [3.63, 3.8) is 0 Å². The van der Waals surface area contributed by atoms with Crippen LogP contribution in [0.15, 0.2) is 35.4 Å². The van der Waals surface area contributed by atoms with Crippen LogP contribution in [0.3, 0.4) is 0 Å². The van der Waals surface area contributed by atoms with Gasteiger partial charge in [-0.25, -0.2) is 4.79 Å². The summed E-state index contributed by atoms with van der Waals surface area (Å²) in [5.41, 5.74) is 7.28. The maximum absolute atomic E-state index is 11.7. The number of ether oxygens (including phenoxy) is 1. The van der Waals surface area contributed by atoms with E-state index in [1.54, 1.807) is 5.57 Å². The van der Waals surface area contributed by atoms with Crippen molar-refractivity contribution in [3.05, 3.63) is 41.0 Å². The normalized spacial score (nSPS) is 31.7. The lowest BCUT2D eigenvalue weighted by Crippen LogP contribution is -2.63. The number of carbonyl (C=O) groups is 1. The van der Waals surface area contributed by atoms with Gasteiger partial charge in [0.2, 0.25) is 0 Å². The molecule has 4 nitrogen and oxygen atoms in total. The van der Waals surface area contributed by atoms with Crippen LogP contribution in [0.1, 0.15) is 76.1 Å². The Bertz CT molecular complexity index is 886. The second-order valence-corrected chi connectivity index (χ2v) is 11.9. The minimum Gasteiger partial charge on any atom is -0.465 e. The van der Waals surface area contributed by atoms with Crippen molar-refractivity contribution in [1.82, 2.24) is 4.90 Å². The molecule has 0 aromatic heterocycles. The van der Waals surface area contributed by atoms with Crippen LogP contribution >= 0.6 is 0 Å². The number of esters is 1. The van der Waals surface area contributed by atoms with Gasteiger partial charge in [0.25, 0.3) is 0 Å². The van der Waals surface area contributed by atoms with E-state index in [9.17, 15) is 4.79 Å². The molecule has 1 saturated heterocycles. The number of benzene rings is 1. The van der Waals surface area contributed by atoms with Crippen LogP contribution in [0.4, 0.5) is 5.69 Å². The molecule has 174 valence electrons. The Morgan fingerprint density at radius 2 is 1.69 bits per heavy atom. The highest BCUT2D eigenvalue weighted by molar-refractivity contribution is 5.89. The van der Waals surface area contributed by atoms with Gasteiger partial charge < -0.3 is 9.64 Å². The molecule has 0 radical (unpaired) electrons. The van der Waals surface area contributed by atoms with Crippen molar-refractivity contribution < 1.29 is 9.53 Å². The van der Waals surface area contributed by atoms with Gasteiger partial charge in [0, 0.05) is 38.4 Å². The molecule has 1 aromatic rings. The summed E-state index contributed by atoms with van der Waals surface area (Å²) in [6, 6.07) is 7.86. The Morgan fingerprint density at radius 1 is 1.03 bits per heavy atom. The van der Waals surface area contributed by atoms with Crippen LogP contribution in [0.2, 0.25) is 0 Å². The molecule has 1 aromatic carbocycles. The summed E-state index contributed by atoms with van der Waals surface area (Å²) >= 11 is 0. The zero-order valence-electron chi connectivity index (χ0n) is 20.5. The van der Waals surface area contributed by atoms with E-state index in [1.807, 2.05) is 17.7 Å². The predicted molar refractivity (Wildman–Crippen MR) is 130 cm³/mol. The van der Waals surface area contributed by atoms with Gasteiger partial charge in [-0.3, -0.25) is 4.90 Å². The molecule has 4 heteroatoms. The standard InChI is InChI=1S/C28H40N2O2/c1-5-27-18-28(19-27,20-27)24-16-26(2,3)11-10-22(24)17-29-12-14-30(15-13-29)23-8-6-21(7-9-23)25(31)32-4/h6-9H,5,10-20H2,1-4H3. The van der Waals surface area contributed by atoms with Gasteiger partial charge in [0.1, 0.15) is 0 Å². The summed E-state index contributed by atoms with van der Waals surface area (Å²) < 4.78 is 4.82. The van der Waals surface area contributed by atoms with E-state index < -0.39 is 0 Å². The SMILES string of the molecule is CCC12CC(C3=C(CN4CCN(c5ccc(C(=O)OC)cc5)CC4)CCC(C)(C)C3)(C1)C2. The van der Waals surface area contributed by atoms with Crippen molar-refractivity contribution in [1.29, 1.82) is 0 Å². The first kappa shape index (κ1) is 22.0. The Labute approximate surface area is 194 Å². The fourth-order valence-corrected chi connectivity index (χ4v) is 7.12. The minimum absolute atomic E-state index is 0.269. The Kier molecular flexibility index (Phi) is 5.43. The lowest BCUT2D eigenvalue weighted by molar-refractivity contribution is -0.182. The van der Waals surface area contributed by atoms with E-state index in [1.165, 1.54) is 64.3 Å². The summed E-state index contributed by atoms with van der Waals surface area (Å²) in [7, 11) is 1.43. The van der Waals surface area contributed by atoms with E-state index >= 15 is 0 Å². The van der Waals surface area contributed by atoms with Crippen LogP contribution in [0, 0.1) is 16.2 Å². The molecule has 1 heterocycles. The van der Waals surface area contributed by atoms with E-state index in [-0.39, 0.29) is 5.97 Å². The largest absolute Gasteiger partial charge is 0.465 e. The summed E-state index contributed by atoms with van der Waals surface area (Å²) in [6.45, 7) is 12.9. The average Bonchev–Trinajstić information content (AvgIpc) is 2.74. The summed E-state index contributed by atoms with van der Waals surface area (Å²) in [5, 5.41) is 0. The molecule has 0 spiro atoms.